The van der Waals surface area contributed by atoms with Gasteiger partial charge < -0.3 is 10.6 Å². The van der Waals surface area contributed by atoms with Gasteiger partial charge in [0.15, 0.2) is 5.13 Å². The Labute approximate surface area is 93.1 Å². The third-order valence-electron chi connectivity index (χ3n) is 2.52. The summed E-state index contributed by atoms with van der Waals surface area (Å²) in [5.74, 6) is 0.194. The van der Waals surface area contributed by atoms with Crippen molar-refractivity contribution in [2.24, 2.45) is 5.92 Å². The van der Waals surface area contributed by atoms with Crippen LogP contribution in [0.1, 0.15) is 17.7 Å². The first-order valence-corrected chi connectivity index (χ1v) is 6.01. The van der Waals surface area contributed by atoms with Crippen LogP contribution in [0.4, 0.5) is 5.13 Å². The van der Waals surface area contributed by atoms with Gasteiger partial charge in [-0.3, -0.25) is 4.79 Å². The number of nitrogens with zero attached hydrogens (tertiary/aromatic N) is 1. The zero-order valence-corrected chi connectivity index (χ0v) is 9.56. The number of thiazole rings is 1. The number of carbonyl (C=O) groups excluding carboxylic acids is 1. The second kappa shape index (κ2) is 4.72. The van der Waals surface area contributed by atoms with E-state index in [2.05, 4.69) is 15.6 Å². The lowest BCUT2D eigenvalue weighted by molar-refractivity contribution is -0.120. The summed E-state index contributed by atoms with van der Waals surface area (Å²) in [4.78, 5) is 17.0. The zero-order valence-electron chi connectivity index (χ0n) is 8.75. The molecule has 1 aromatic heterocycles. The molecule has 5 heteroatoms. The molecule has 4 nitrogen and oxygen atoms in total. The number of nitrogens with one attached hydrogen (secondary N) is 2. The molecule has 0 aromatic carbocycles. The number of carbonyl (C=O) groups is 1. The molecule has 2 heterocycles. The number of aromatic nitrogens is 1. The van der Waals surface area contributed by atoms with Gasteiger partial charge in [-0.15, -0.1) is 11.3 Å². The fraction of sp³-hybridized carbons (Fsp3) is 0.600. The lowest BCUT2D eigenvalue weighted by Crippen LogP contribution is -2.37. The molecular weight excluding hydrogens is 210 g/mol. The predicted octanol–water partition coefficient (Wildman–Crippen LogP) is 1.39. The van der Waals surface area contributed by atoms with E-state index in [1.54, 1.807) is 6.20 Å². The molecule has 2 N–H and O–H groups in total. The first-order chi connectivity index (χ1) is 7.25. The van der Waals surface area contributed by atoms with Crippen LogP contribution in [-0.2, 0) is 4.79 Å². The standard InChI is InChI=1S/C10H15N3OS/c1-7-5-12-10(15-7)13-9(14)8-3-2-4-11-6-8/h5,8,11H,2-4,6H2,1H3,(H,12,13,14)/t8-/m0/s1. The second-order valence-electron chi connectivity index (χ2n) is 3.81. The zero-order chi connectivity index (χ0) is 10.7. The fourth-order valence-electron chi connectivity index (χ4n) is 1.70. The summed E-state index contributed by atoms with van der Waals surface area (Å²) < 4.78 is 0. The molecule has 82 valence electrons. The van der Waals surface area contributed by atoms with Gasteiger partial charge in [0, 0.05) is 17.6 Å². The molecule has 1 aliphatic rings. The Hall–Kier alpha value is -0.940. The van der Waals surface area contributed by atoms with Gasteiger partial charge in [-0.05, 0) is 26.3 Å². The molecule has 1 saturated heterocycles. The Balaban J connectivity index is 1.91. The molecule has 1 aromatic rings. The Bertz CT molecular complexity index is 344. The Morgan fingerprint density at radius 1 is 1.73 bits per heavy atom. The van der Waals surface area contributed by atoms with Crippen molar-refractivity contribution < 1.29 is 4.79 Å². The van der Waals surface area contributed by atoms with Gasteiger partial charge in [-0.2, -0.15) is 0 Å². The lowest BCUT2D eigenvalue weighted by Gasteiger charge is -2.21. The summed E-state index contributed by atoms with van der Waals surface area (Å²) in [5, 5.41) is 6.80. The summed E-state index contributed by atoms with van der Waals surface area (Å²) in [6.07, 6.45) is 3.83. The van der Waals surface area contributed by atoms with Gasteiger partial charge in [0.2, 0.25) is 5.91 Å². The summed E-state index contributed by atoms with van der Waals surface area (Å²) >= 11 is 1.52. The minimum Gasteiger partial charge on any atom is -0.316 e. The summed E-state index contributed by atoms with van der Waals surface area (Å²) in [6.45, 7) is 3.80. The molecule has 2 rings (SSSR count). The topological polar surface area (TPSA) is 54.0 Å². The maximum Gasteiger partial charge on any atom is 0.230 e. The van der Waals surface area contributed by atoms with Gasteiger partial charge in [0.1, 0.15) is 0 Å². The van der Waals surface area contributed by atoms with Crippen molar-refractivity contribution in [2.75, 3.05) is 18.4 Å². The molecule has 1 atom stereocenters. The van der Waals surface area contributed by atoms with Crippen molar-refractivity contribution in [1.29, 1.82) is 0 Å². The monoisotopic (exact) mass is 225 g/mol. The summed E-state index contributed by atoms with van der Waals surface area (Å²) in [7, 11) is 0. The summed E-state index contributed by atoms with van der Waals surface area (Å²) in [5.41, 5.74) is 0. The van der Waals surface area contributed by atoms with Crippen molar-refractivity contribution in [2.45, 2.75) is 19.8 Å². The Morgan fingerprint density at radius 2 is 2.60 bits per heavy atom. The summed E-state index contributed by atoms with van der Waals surface area (Å²) in [6, 6.07) is 0. The highest BCUT2D eigenvalue weighted by molar-refractivity contribution is 7.15. The van der Waals surface area contributed by atoms with Crippen LogP contribution in [0.25, 0.3) is 0 Å². The van der Waals surface area contributed by atoms with Crippen molar-refractivity contribution in [1.82, 2.24) is 10.3 Å². The van der Waals surface area contributed by atoms with Crippen LogP contribution in [0.3, 0.4) is 0 Å². The third-order valence-corrected chi connectivity index (χ3v) is 3.35. The van der Waals surface area contributed by atoms with Crippen LogP contribution in [-0.4, -0.2) is 24.0 Å². The van der Waals surface area contributed by atoms with E-state index in [1.165, 1.54) is 11.3 Å². The van der Waals surface area contributed by atoms with Crippen LogP contribution < -0.4 is 10.6 Å². The molecule has 1 fully saturated rings. The van der Waals surface area contributed by atoms with Crippen LogP contribution in [0, 0.1) is 12.8 Å². The number of amides is 1. The third kappa shape index (κ3) is 2.76. The van der Waals surface area contributed by atoms with Crippen LogP contribution in [0.15, 0.2) is 6.20 Å². The molecule has 0 saturated carbocycles. The van der Waals surface area contributed by atoms with Crippen molar-refractivity contribution in [3.8, 4) is 0 Å². The highest BCUT2D eigenvalue weighted by atomic mass is 32.1. The first kappa shape index (κ1) is 10.6. The molecule has 0 aliphatic carbocycles. The van der Waals surface area contributed by atoms with E-state index in [4.69, 9.17) is 0 Å². The van der Waals surface area contributed by atoms with E-state index >= 15 is 0 Å². The molecule has 0 spiro atoms. The van der Waals surface area contributed by atoms with Gasteiger partial charge in [-0.25, -0.2) is 4.98 Å². The number of hydrogen-bond donors (Lipinski definition) is 2. The normalized spacial score (nSPS) is 21.3. The first-order valence-electron chi connectivity index (χ1n) is 5.20. The molecular formula is C10H15N3OS. The number of hydrogen-bond acceptors (Lipinski definition) is 4. The van der Waals surface area contributed by atoms with Crippen LogP contribution >= 0.6 is 11.3 Å². The molecule has 0 bridgehead atoms. The number of anilines is 1. The van der Waals surface area contributed by atoms with E-state index in [9.17, 15) is 4.79 Å². The number of rotatable bonds is 2. The highest BCUT2D eigenvalue weighted by Crippen LogP contribution is 2.18. The van der Waals surface area contributed by atoms with Crippen molar-refractivity contribution >= 4 is 22.4 Å². The average molecular weight is 225 g/mol. The van der Waals surface area contributed by atoms with Gasteiger partial charge in [-0.1, -0.05) is 0 Å². The fourth-order valence-corrected chi connectivity index (χ4v) is 2.36. The van der Waals surface area contributed by atoms with Gasteiger partial charge in [0.05, 0.1) is 5.92 Å². The predicted molar refractivity (Wildman–Crippen MR) is 61.1 cm³/mol. The van der Waals surface area contributed by atoms with E-state index in [-0.39, 0.29) is 11.8 Å². The maximum absolute atomic E-state index is 11.8. The van der Waals surface area contributed by atoms with E-state index in [0.717, 1.165) is 30.8 Å². The quantitative estimate of drug-likeness (QED) is 0.799. The minimum atomic E-state index is 0.0940. The highest BCUT2D eigenvalue weighted by Gasteiger charge is 2.21. The van der Waals surface area contributed by atoms with Gasteiger partial charge >= 0.3 is 0 Å². The minimum absolute atomic E-state index is 0.0940. The van der Waals surface area contributed by atoms with Crippen molar-refractivity contribution in [3.63, 3.8) is 0 Å². The molecule has 1 aliphatic heterocycles. The Morgan fingerprint density at radius 3 is 3.20 bits per heavy atom. The van der Waals surface area contributed by atoms with Crippen LogP contribution in [0.5, 0.6) is 0 Å². The number of piperidine rings is 1. The smallest absolute Gasteiger partial charge is 0.230 e. The maximum atomic E-state index is 11.8. The number of aryl methyl sites for hydroxylation is 1. The Kier molecular flexibility index (Phi) is 3.33. The molecule has 0 unspecified atom stereocenters. The van der Waals surface area contributed by atoms with Crippen molar-refractivity contribution in [3.05, 3.63) is 11.1 Å². The lowest BCUT2D eigenvalue weighted by atomic mass is 9.99. The SMILES string of the molecule is Cc1cnc(NC(=O)[C@H]2CCCNC2)s1. The van der Waals surface area contributed by atoms with Crippen LogP contribution in [0.2, 0.25) is 0 Å². The largest absolute Gasteiger partial charge is 0.316 e. The van der Waals surface area contributed by atoms with E-state index in [1.807, 2.05) is 6.92 Å². The average Bonchev–Trinajstić information content (AvgIpc) is 2.65. The molecule has 1 amide bonds. The molecule has 15 heavy (non-hydrogen) atoms. The van der Waals surface area contributed by atoms with E-state index < -0.39 is 0 Å². The second-order valence-corrected chi connectivity index (χ2v) is 5.04. The van der Waals surface area contributed by atoms with Gasteiger partial charge in [0.25, 0.3) is 0 Å². The van der Waals surface area contributed by atoms with E-state index in [0.29, 0.717) is 5.13 Å². The molecule has 0 radical (unpaired) electrons.